The lowest BCUT2D eigenvalue weighted by atomic mass is 9.90. The number of carbonyl (C=O) groups excluding carboxylic acids is 1. The second kappa shape index (κ2) is 6.28. The Kier molecular flexibility index (Phi) is 4.38. The third-order valence-electron chi connectivity index (χ3n) is 4.52. The van der Waals surface area contributed by atoms with Crippen molar-refractivity contribution in [1.82, 2.24) is 10.2 Å². The summed E-state index contributed by atoms with van der Waals surface area (Å²) in [5.41, 5.74) is 0.708. The van der Waals surface area contributed by atoms with Crippen molar-refractivity contribution in [3.63, 3.8) is 0 Å². The van der Waals surface area contributed by atoms with E-state index in [1.807, 2.05) is 0 Å². The Balaban J connectivity index is 1.68. The summed E-state index contributed by atoms with van der Waals surface area (Å²) >= 11 is 0. The summed E-state index contributed by atoms with van der Waals surface area (Å²) in [5.74, 6) is -1.82. The highest BCUT2D eigenvalue weighted by atomic mass is 19.2. The van der Waals surface area contributed by atoms with E-state index in [0.29, 0.717) is 18.7 Å². The zero-order chi connectivity index (χ0) is 15.7. The van der Waals surface area contributed by atoms with Crippen molar-refractivity contribution in [2.75, 3.05) is 19.6 Å². The van der Waals surface area contributed by atoms with Gasteiger partial charge in [0.05, 0.1) is 6.04 Å². The topological polar surface area (TPSA) is 32.3 Å². The van der Waals surface area contributed by atoms with E-state index in [0.717, 1.165) is 18.9 Å². The molecule has 1 unspecified atom stereocenters. The summed E-state index contributed by atoms with van der Waals surface area (Å²) in [4.78, 5) is 14.1. The van der Waals surface area contributed by atoms with Crippen LogP contribution in [-0.2, 0) is 4.79 Å². The third-order valence-corrected chi connectivity index (χ3v) is 4.52. The number of hydrogen-bond acceptors (Lipinski definition) is 2. The van der Waals surface area contributed by atoms with Crippen LogP contribution in [0.5, 0.6) is 0 Å². The fraction of sp³-hybridized carbons (Fsp3) is 0.562. The molecule has 0 bridgehead atoms. The van der Waals surface area contributed by atoms with Crippen LogP contribution in [-0.4, -0.2) is 42.7 Å². The molecule has 0 radical (unpaired) electrons. The SMILES string of the molecule is O=C([C@H]1C[C@H](F)CN1)N1CCCC(c2ccc(F)c(F)c2)C1. The van der Waals surface area contributed by atoms with Gasteiger partial charge in [-0.3, -0.25) is 4.79 Å². The quantitative estimate of drug-likeness (QED) is 0.909. The van der Waals surface area contributed by atoms with Gasteiger partial charge in [-0.2, -0.15) is 0 Å². The number of hydrogen-bond donors (Lipinski definition) is 1. The molecule has 1 aromatic carbocycles. The molecule has 3 rings (SSSR count). The van der Waals surface area contributed by atoms with Crippen LogP contribution in [0.1, 0.15) is 30.7 Å². The fourth-order valence-electron chi connectivity index (χ4n) is 3.32. The van der Waals surface area contributed by atoms with E-state index in [2.05, 4.69) is 5.32 Å². The van der Waals surface area contributed by atoms with Gasteiger partial charge < -0.3 is 10.2 Å². The zero-order valence-corrected chi connectivity index (χ0v) is 12.2. The van der Waals surface area contributed by atoms with Gasteiger partial charge in [-0.15, -0.1) is 0 Å². The van der Waals surface area contributed by atoms with Crippen molar-refractivity contribution < 1.29 is 18.0 Å². The first kappa shape index (κ1) is 15.3. The van der Waals surface area contributed by atoms with Gasteiger partial charge in [0.15, 0.2) is 11.6 Å². The molecule has 2 aliphatic heterocycles. The van der Waals surface area contributed by atoms with Crippen LogP contribution < -0.4 is 5.32 Å². The Morgan fingerprint density at radius 1 is 1.27 bits per heavy atom. The Hall–Kier alpha value is -1.56. The summed E-state index contributed by atoms with van der Waals surface area (Å²) in [6.07, 6.45) is 0.881. The molecule has 0 aromatic heterocycles. The molecule has 0 saturated carbocycles. The minimum absolute atomic E-state index is 0.00428. The highest BCUT2D eigenvalue weighted by Crippen LogP contribution is 2.28. The van der Waals surface area contributed by atoms with Crippen LogP contribution >= 0.6 is 0 Å². The first-order valence-electron chi connectivity index (χ1n) is 7.66. The Bertz CT molecular complexity index is 566. The van der Waals surface area contributed by atoms with Crippen LogP contribution in [0.4, 0.5) is 13.2 Å². The second-order valence-electron chi connectivity index (χ2n) is 6.09. The van der Waals surface area contributed by atoms with Crippen molar-refractivity contribution >= 4 is 5.91 Å². The van der Waals surface area contributed by atoms with Gasteiger partial charge in [0.25, 0.3) is 0 Å². The van der Waals surface area contributed by atoms with E-state index in [9.17, 15) is 18.0 Å². The molecule has 1 aromatic rings. The van der Waals surface area contributed by atoms with Crippen LogP contribution in [0, 0.1) is 11.6 Å². The number of piperidine rings is 1. The van der Waals surface area contributed by atoms with Gasteiger partial charge in [0.2, 0.25) is 5.91 Å². The van der Waals surface area contributed by atoms with Crippen LogP contribution in [0.15, 0.2) is 18.2 Å². The summed E-state index contributed by atoms with van der Waals surface area (Å²) in [7, 11) is 0. The van der Waals surface area contributed by atoms with Gasteiger partial charge >= 0.3 is 0 Å². The molecule has 1 amide bonds. The molecular formula is C16H19F3N2O. The predicted molar refractivity (Wildman–Crippen MR) is 76.2 cm³/mol. The number of nitrogens with one attached hydrogen (secondary N) is 1. The lowest BCUT2D eigenvalue weighted by Gasteiger charge is -2.34. The van der Waals surface area contributed by atoms with Crippen LogP contribution in [0.3, 0.4) is 0 Å². The Labute approximate surface area is 127 Å². The van der Waals surface area contributed by atoms with Gasteiger partial charge in [0.1, 0.15) is 6.17 Å². The largest absolute Gasteiger partial charge is 0.341 e. The maximum atomic E-state index is 13.4. The Morgan fingerprint density at radius 2 is 2.09 bits per heavy atom. The number of benzene rings is 1. The lowest BCUT2D eigenvalue weighted by molar-refractivity contribution is -0.134. The second-order valence-corrected chi connectivity index (χ2v) is 6.09. The predicted octanol–water partition coefficient (Wildman–Crippen LogP) is 2.37. The molecule has 1 N–H and O–H groups in total. The summed E-state index contributed by atoms with van der Waals surface area (Å²) < 4.78 is 39.6. The van der Waals surface area contributed by atoms with Crippen molar-refractivity contribution in [3.8, 4) is 0 Å². The molecular weight excluding hydrogens is 293 g/mol. The average molecular weight is 312 g/mol. The molecule has 3 nitrogen and oxygen atoms in total. The normalized spacial score (nSPS) is 28.9. The molecule has 2 aliphatic rings. The van der Waals surface area contributed by atoms with Crippen molar-refractivity contribution in [2.45, 2.75) is 37.4 Å². The molecule has 2 fully saturated rings. The molecule has 2 heterocycles. The zero-order valence-electron chi connectivity index (χ0n) is 12.2. The van der Waals surface area contributed by atoms with E-state index in [1.165, 1.54) is 6.07 Å². The highest BCUT2D eigenvalue weighted by molar-refractivity contribution is 5.82. The van der Waals surface area contributed by atoms with Crippen molar-refractivity contribution in [2.24, 2.45) is 0 Å². The third kappa shape index (κ3) is 3.11. The molecule has 22 heavy (non-hydrogen) atoms. The van der Waals surface area contributed by atoms with Crippen molar-refractivity contribution in [1.29, 1.82) is 0 Å². The maximum Gasteiger partial charge on any atom is 0.239 e. The maximum absolute atomic E-state index is 13.4. The molecule has 6 heteroatoms. The number of halogens is 3. The number of nitrogens with zero attached hydrogens (tertiary/aromatic N) is 1. The molecule has 0 aliphatic carbocycles. The number of rotatable bonds is 2. The first-order chi connectivity index (χ1) is 10.5. The van der Waals surface area contributed by atoms with Crippen molar-refractivity contribution in [3.05, 3.63) is 35.4 Å². The molecule has 3 atom stereocenters. The number of carbonyl (C=O) groups is 1. The van der Waals surface area contributed by atoms with Gasteiger partial charge in [-0.25, -0.2) is 13.2 Å². The number of alkyl halides is 1. The van der Waals surface area contributed by atoms with Crippen LogP contribution in [0.2, 0.25) is 0 Å². The van der Waals surface area contributed by atoms with E-state index in [1.54, 1.807) is 11.0 Å². The summed E-state index contributed by atoms with van der Waals surface area (Å²) in [6, 6.07) is 3.44. The number of likely N-dealkylation sites (tertiary alicyclic amines) is 1. The van der Waals surface area contributed by atoms with Gasteiger partial charge in [-0.1, -0.05) is 6.07 Å². The molecule has 120 valence electrons. The summed E-state index contributed by atoms with van der Waals surface area (Å²) in [5, 5.41) is 2.90. The molecule has 2 saturated heterocycles. The lowest BCUT2D eigenvalue weighted by Crippen LogP contribution is -2.47. The molecule has 0 spiro atoms. The number of amides is 1. The minimum Gasteiger partial charge on any atom is -0.341 e. The highest BCUT2D eigenvalue weighted by Gasteiger charge is 2.34. The van der Waals surface area contributed by atoms with E-state index in [-0.39, 0.29) is 24.8 Å². The summed E-state index contributed by atoms with van der Waals surface area (Å²) in [6.45, 7) is 1.32. The Morgan fingerprint density at radius 3 is 2.77 bits per heavy atom. The van der Waals surface area contributed by atoms with Crippen LogP contribution in [0.25, 0.3) is 0 Å². The van der Waals surface area contributed by atoms with Gasteiger partial charge in [-0.05, 0) is 30.5 Å². The average Bonchev–Trinajstić information content (AvgIpc) is 2.96. The fourth-order valence-corrected chi connectivity index (χ4v) is 3.32. The monoisotopic (exact) mass is 312 g/mol. The van der Waals surface area contributed by atoms with Gasteiger partial charge in [0, 0.05) is 32.0 Å². The minimum atomic E-state index is -0.972. The van der Waals surface area contributed by atoms with E-state index >= 15 is 0 Å². The smallest absolute Gasteiger partial charge is 0.239 e. The first-order valence-corrected chi connectivity index (χ1v) is 7.66. The van der Waals surface area contributed by atoms with E-state index < -0.39 is 23.8 Å². The van der Waals surface area contributed by atoms with E-state index in [4.69, 9.17) is 0 Å². The standard InChI is InChI=1S/C16H19F3N2O/c17-12-7-15(20-8-12)16(22)21-5-1-2-11(9-21)10-3-4-13(18)14(19)6-10/h3-4,6,11-12,15,20H,1-2,5,7-9H2/t11?,12-,15+/m0/s1.